The molecule has 1 heterocycles. The molecule has 0 atom stereocenters. The monoisotopic (exact) mass is 291 g/mol. The first-order valence-electron chi connectivity index (χ1n) is 7.03. The lowest BCUT2D eigenvalue weighted by molar-refractivity contribution is -0.132. The summed E-state index contributed by atoms with van der Waals surface area (Å²) in [6.45, 7) is 0.882. The Morgan fingerprint density at radius 1 is 1.33 bits per heavy atom. The Labute approximate surface area is 122 Å². The minimum absolute atomic E-state index is 0.0541. The number of carboxylic acid groups (broad SMARTS) is 1. The molecule has 0 radical (unpaired) electrons. The molecule has 4 nitrogen and oxygen atoms in total. The summed E-state index contributed by atoms with van der Waals surface area (Å²) in [6.07, 6.45) is 5.78. The lowest BCUT2D eigenvalue weighted by Crippen LogP contribution is -2.30. The van der Waals surface area contributed by atoms with Gasteiger partial charge in [0.15, 0.2) is 0 Å². The van der Waals surface area contributed by atoms with E-state index in [1.807, 2.05) is 0 Å². The number of halogens is 1. The van der Waals surface area contributed by atoms with E-state index in [-0.39, 0.29) is 18.3 Å². The van der Waals surface area contributed by atoms with Gasteiger partial charge < -0.3 is 10.0 Å². The predicted octanol–water partition coefficient (Wildman–Crippen LogP) is 2.83. The molecule has 1 aromatic rings. The highest BCUT2D eigenvalue weighted by Gasteiger charge is 2.18. The van der Waals surface area contributed by atoms with Crippen LogP contribution in [0.3, 0.4) is 0 Å². The fourth-order valence-corrected chi connectivity index (χ4v) is 2.40. The van der Waals surface area contributed by atoms with Crippen LogP contribution in [-0.4, -0.2) is 28.4 Å². The fourth-order valence-electron chi connectivity index (χ4n) is 2.40. The van der Waals surface area contributed by atoms with Crippen molar-refractivity contribution in [2.75, 3.05) is 6.54 Å². The smallest absolute Gasteiger partial charge is 0.328 e. The molecule has 1 saturated heterocycles. The lowest BCUT2D eigenvalue weighted by atomic mass is 10.1. The van der Waals surface area contributed by atoms with Crippen molar-refractivity contribution in [2.24, 2.45) is 0 Å². The van der Waals surface area contributed by atoms with Gasteiger partial charge in [0.25, 0.3) is 0 Å². The fraction of sp³-hybridized carbons (Fsp3) is 0.375. The number of benzene rings is 1. The zero-order valence-corrected chi connectivity index (χ0v) is 11.7. The molecule has 1 aliphatic heterocycles. The Kier molecular flexibility index (Phi) is 5.09. The van der Waals surface area contributed by atoms with Gasteiger partial charge in [0.05, 0.1) is 0 Å². The highest BCUT2D eigenvalue weighted by atomic mass is 19.1. The lowest BCUT2D eigenvalue weighted by Gasteiger charge is -2.21. The average molecular weight is 291 g/mol. The van der Waals surface area contributed by atoms with Crippen molar-refractivity contribution in [3.8, 4) is 0 Å². The topological polar surface area (TPSA) is 57.6 Å². The van der Waals surface area contributed by atoms with Crippen LogP contribution in [0.2, 0.25) is 0 Å². The zero-order chi connectivity index (χ0) is 15.2. The molecule has 0 bridgehead atoms. The van der Waals surface area contributed by atoms with Crippen LogP contribution < -0.4 is 0 Å². The normalized spacial score (nSPS) is 16.2. The zero-order valence-electron chi connectivity index (χ0n) is 11.7. The molecule has 0 aliphatic carbocycles. The van der Waals surface area contributed by atoms with Crippen LogP contribution in [-0.2, 0) is 16.1 Å². The molecule has 0 unspecified atom stereocenters. The van der Waals surface area contributed by atoms with Crippen LogP contribution in [0.5, 0.6) is 0 Å². The van der Waals surface area contributed by atoms with Gasteiger partial charge in [-0.2, -0.15) is 0 Å². The minimum Gasteiger partial charge on any atom is -0.478 e. The van der Waals surface area contributed by atoms with E-state index in [4.69, 9.17) is 5.11 Å². The van der Waals surface area contributed by atoms with E-state index in [1.54, 1.807) is 11.0 Å². The maximum atomic E-state index is 13.9. The van der Waals surface area contributed by atoms with E-state index >= 15 is 0 Å². The number of aliphatic carboxylic acids is 1. The van der Waals surface area contributed by atoms with Crippen molar-refractivity contribution in [3.05, 3.63) is 41.2 Å². The maximum Gasteiger partial charge on any atom is 0.328 e. The van der Waals surface area contributed by atoms with E-state index in [0.29, 0.717) is 24.1 Å². The van der Waals surface area contributed by atoms with E-state index in [2.05, 4.69) is 0 Å². The van der Waals surface area contributed by atoms with E-state index in [0.717, 1.165) is 25.3 Å². The number of hydrogen-bond acceptors (Lipinski definition) is 2. The molecular formula is C16H18FNO3. The second-order valence-electron chi connectivity index (χ2n) is 5.15. The number of rotatable bonds is 4. The number of likely N-dealkylation sites (tertiary alicyclic amines) is 1. The molecule has 1 amide bonds. The molecule has 1 N–H and O–H groups in total. The van der Waals surface area contributed by atoms with Crippen molar-refractivity contribution in [3.63, 3.8) is 0 Å². The molecule has 1 fully saturated rings. The van der Waals surface area contributed by atoms with Gasteiger partial charge in [-0.15, -0.1) is 0 Å². The van der Waals surface area contributed by atoms with Gasteiger partial charge in [-0.3, -0.25) is 4.79 Å². The summed E-state index contributed by atoms with van der Waals surface area (Å²) >= 11 is 0. The first-order chi connectivity index (χ1) is 10.1. The quantitative estimate of drug-likeness (QED) is 0.868. The van der Waals surface area contributed by atoms with Crippen LogP contribution in [0.15, 0.2) is 24.3 Å². The summed E-state index contributed by atoms with van der Waals surface area (Å²) in [5, 5.41) is 8.61. The van der Waals surface area contributed by atoms with Crippen LogP contribution in [0.25, 0.3) is 6.08 Å². The number of carbonyl (C=O) groups excluding carboxylic acids is 1. The Bertz CT molecular complexity index is 569. The van der Waals surface area contributed by atoms with Crippen molar-refractivity contribution in [1.29, 1.82) is 0 Å². The van der Waals surface area contributed by atoms with Crippen LogP contribution in [0, 0.1) is 5.82 Å². The Balaban J connectivity index is 2.16. The van der Waals surface area contributed by atoms with Gasteiger partial charge in [-0.1, -0.05) is 12.5 Å². The second kappa shape index (κ2) is 7.02. The second-order valence-corrected chi connectivity index (χ2v) is 5.15. The molecule has 0 saturated carbocycles. The van der Waals surface area contributed by atoms with E-state index in [9.17, 15) is 14.0 Å². The summed E-state index contributed by atoms with van der Waals surface area (Å²) in [7, 11) is 0. The summed E-state index contributed by atoms with van der Waals surface area (Å²) in [4.78, 5) is 24.1. The number of carboxylic acids is 1. The Hall–Kier alpha value is -2.17. The van der Waals surface area contributed by atoms with Gasteiger partial charge in [0.2, 0.25) is 5.91 Å². The molecule has 5 heteroatoms. The van der Waals surface area contributed by atoms with E-state index < -0.39 is 5.97 Å². The molecular weight excluding hydrogens is 273 g/mol. The molecule has 1 aromatic carbocycles. The molecule has 1 aliphatic rings. The Morgan fingerprint density at radius 3 is 2.90 bits per heavy atom. The highest BCUT2D eigenvalue weighted by molar-refractivity contribution is 5.85. The van der Waals surface area contributed by atoms with Crippen molar-refractivity contribution >= 4 is 18.0 Å². The first kappa shape index (κ1) is 15.2. The molecule has 0 spiro atoms. The van der Waals surface area contributed by atoms with Gasteiger partial charge in [0, 0.05) is 31.1 Å². The summed E-state index contributed by atoms with van der Waals surface area (Å²) < 4.78 is 13.9. The van der Waals surface area contributed by atoms with Crippen LogP contribution in [0.4, 0.5) is 4.39 Å². The number of carbonyl (C=O) groups is 2. The maximum absolute atomic E-state index is 13.9. The summed E-state index contributed by atoms with van der Waals surface area (Å²) in [5.74, 6) is -1.37. The predicted molar refractivity (Wildman–Crippen MR) is 77.0 cm³/mol. The molecule has 21 heavy (non-hydrogen) atoms. The Morgan fingerprint density at radius 2 is 2.14 bits per heavy atom. The highest BCUT2D eigenvalue weighted by Crippen LogP contribution is 2.18. The third-order valence-electron chi connectivity index (χ3n) is 3.52. The summed E-state index contributed by atoms with van der Waals surface area (Å²) in [6, 6.07) is 4.41. The number of amides is 1. The first-order valence-corrected chi connectivity index (χ1v) is 7.03. The van der Waals surface area contributed by atoms with Gasteiger partial charge in [-0.25, -0.2) is 9.18 Å². The van der Waals surface area contributed by atoms with E-state index in [1.165, 1.54) is 18.2 Å². The van der Waals surface area contributed by atoms with Crippen LogP contribution >= 0.6 is 0 Å². The van der Waals surface area contributed by atoms with Gasteiger partial charge >= 0.3 is 5.97 Å². The molecule has 2 rings (SSSR count). The minimum atomic E-state index is -1.05. The van der Waals surface area contributed by atoms with Gasteiger partial charge in [-0.05, 0) is 36.6 Å². The van der Waals surface area contributed by atoms with Gasteiger partial charge in [0.1, 0.15) is 5.82 Å². The molecule has 112 valence electrons. The number of nitrogens with zero attached hydrogens (tertiary/aromatic N) is 1. The third kappa shape index (κ3) is 4.41. The molecule has 0 aromatic heterocycles. The average Bonchev–Trinajstić information content (AvgIpc) is 2.65. The van der Waals surface area contributed by atoms with Crippen molar-refractivity contribution in [2.45, 2.75) is 32.2 Å². The third-order valence-corrected chi connectivity index (χ3v) is 3.52. The summed E-state index contributed by atoms with van der Waals surface area (Å²) in [5.41, 5.74) is 1.02. The SMILES string of the molecule is O=C(O)C=Cc1ccc(F)c(CN2CCCCCC2=O)c1. The van der Waals surface area contributed by atoms with Crippen molar-refractivity contribution in [1.82, 2.24) is 4.90 Å². The van der Waals surface area contributed by atoms with Crippen LogP contribution in [0.1, 0.15) is 36.8 Å². The largest absolute Gasteiger partial charge is 0.478 e. The standard InChI is InChI=1S/C16H18FNO3/c17-14-7-5-12(6-8-16(20)21)10-13(14)11-18-9-3-1-2-4-15(18)19/h5-8,10H,1-4,9,11H2,(H,20,21). The van der Waals surface area contributed by atoms with Crippen molar-refractivity contribution < 1.29 is 19.1 Å². The number of hydrogen-bond donors (Lipinski definition) is 1.